The monoisotopic (exact) mass is 487 g/mol. The van der Waals surface area contributed by atoms with Gasteiger partial charge in [-0.05, 0) is 0 Å². The van der Waals surface area contributed by atoms with Crippen LogP contribution in [0, 0.1) is 0 Å². The minimum atomic E-state index is 0.147. The van der Waals surface area contributed by atoms with Crippen molar-refractivity contribution in [3.05, 3.63) is 35.4 Å². The number of likely N-dealkylation sites (N-methyl/N-ethyl adjacent to an activating group) is 1. The molecule has 1 rings (SSSR count). The number of amides is 1. The fourth-order valence-electron chi connectivity index (χ4n) is 1.76. The molecule has 0 unspecified atom stereocenters. The molecule has 0 saturated heterocycles. The van der Waals surface area contributed by atoms with Gasteiger partial charge in [0.05, 0.1) is 0 Å². The van der Waals surface area contributed by atoms with Gasteiger partial charge in [-0.3, -0.25) is 0 Å². The van der Waals surface area contributed by atoms with Gasteiger partial charge in [-0.25, -0.2) is 0 Å². The molecule has 0 fully saturated rings. The van der Waals surface area contributed by atoms with Crippen LogP contribution in [0.5, 0.6) is 0 Å². The zero-order chi connectivity index (χ0) is 14.3. The summed E-state index contributed by atoms with van der Waals surface area (Å²) >= 11 is 2.75. The van der Waals surface area contributed by atoms with Crippen LogP contribution in [0.2, 0.25) is 0 Å². The minimum absolute atomic E-state index is 0.147. The molecule has 0 radical (unpaired) electrons. The first kappa shape index (κ1) is 17.2. The Morgan fingerprint density at radius 2 is 1.95 bits per heavy atom. The molecule has 0 aromatic heterocycles. The van der Waals surface area contributed by atoms with E-state index in [0.717, 1.165) is 19.6 Å². The topological polar surface area (TPSA) is 23.6 Å². The van der Waals surface area contributed by atoms with Crippen LogP contribution in [0.3, 0.4) is 0 Å². The quantitative estimate of drug-likeness (QED) is 0.384. The molecule has 1 aromatic rings. The molecule has 0 bridgehead atoms. The molecule has 0 atom stereocenters. The molecular formula is C14H21I2N2O-. The summed E-state index contributed by atoms with van der Waals surface area (Å²) in [7, 11) is 4.06. The van der Waals surface area contributed by atoms with Crippen molar-refractivity contribution in [2.24, 2.45) is 0 Å². The third kappa shape index (κ3) is 6.89. The average molecular weight is 487 g/mol. The molecule has 1 amide bonds. The van der Waals surface area contributed by atoms with E-state index in [0.29, 0.717) is 0 Å². The van der Waals surface area contributed by atoms with Crippen LogP contribution in [0.1, 0.15) is 18.1 Å². The molecule has 108 valence electrons. The second-order valence-corrected chi connectivity index (χ2v) is 10.0. The summed E-state index contributed by atoms with van der Waals surface area (Å²) in [6.45, 7) is 4.05. The van der Waals surface area contributed by atoms with Crippen LogP contribution < -0.4 is 17.2 Å². The number of alkyl halides is 1. The Balaban J connectivity index is 2.67. The summed E-state index contributed by atoms with van der Waals surface area (Å²) < 4.78 is 1.20. The van der Waals surface area contributed by atoms with E-state index in [1.165, 1.54) is 15.6 Å². The van der Waals surface area contributed by atoms with Gasteiger partial charge in [0.25, 0.3) is 0 Å². The van der Waals surface area contributed by atoms with Crippen LogP contribution in [0.25, 0.3) is 0 Å². The molecule has 0 spiro atoms. The maximum atomic E-state index is 11.7. The number of rotatable bonds is 7. The number of halogens is 2. The van der Waals surface area contributed by atoms with E-state index >= 15 is 0 Å². The number of hydrogen-bond donors (Lipinski definition) is 0. The van der Waals surface area contributed by atoms with Crippen molar-refractivity contribution in [1.29, 1.82) is 0 Å². The maximum absolute atomic E-state index is 11.7. The van der Waals surface area contributed by atoms with Crippen LogP contribution in [-0.4, -0.2) is 42.9 Å². The summed E-state index contributed by atoms with van der Waals surface area (Å²) in [6.07, 6.45) is 0. The van der Waals surface area contributed by atoms with E-state index in [4.69, 9.17) is 0 Å². The third-order valence-electron chi connectivity index (χ3n) is 2.83. The molecular weight excluding hydrogens is 466 g/mol. The summed E-state index contributed by atoms with van der Waals surface area (Å²) in [5, 5.41) is 0. The Hall–Kier alpha value is 0.110. The van der Waals surface area contributed by atoms with E-state index in [-0.39, 0.29) is 23.1 Å². The fourth-order valence-corrected chi connectivity index (χ4v) is 4.80. The molecule has 1 aromatic carbocycles. The van der Waals surface area contributed by atoms with Crippen molar-refractivity contribution in [3.63, 3.8) is 0 Å². The number of carbonyl (C=O) groups excluding carboxylic acids is 1. The normalized spacial score (nSPS) is 11.0. The van der Waals surface area contributed by atoms with E-state index in [1.807, 2.05) is 19.0 Å². The van der Waals surface area contributed by atoms with Crippen molar-refractivity contribution in [2.75, 3.05) is 27.2 Å². The third-order valence-corrected chi connectivity index (χ3v) is 5.94. The Kier molecular flexibility index (Phi) is 8.24. The van der Waals surface area contributed by atoms with E-state index in [1.54, 1.807) is 6.92 Å². The van der Waals surface area contributed by atoms with Crippen LogP contribution in [0.15, 0.2) is 24.3 Å². The van der Waals surface area contributed by atoms with Crippen molar-refractivity contribution in [1.82, 2.24) is 9.80 Å². The number of benzene rings is 1. The molecule has 0 heterocycles. The fraction of sp³-hybridized carbons (Fsp3) is 0.500. The predicted molar refractivity (Wildman–Crippen MR) is 83.8 cm³/mol. The van der Waals surface area contributed by atoms with E-state index in [9.17, 15) is 4.79 Å². The first-order valence-electron chi connectivity index (χ1n) is 6.21. The van der Waals surface area contributed by atoms with Gasteiger partial charge in [0.15, 0.2) is 0 Å². The van der Waals surface area contributed by atoms with E-state index in [2.05, 4.69) is 47.8 Å². The van der Waals surface area contributed by atoms with Gasteiger partial charge in [0.1, 0.15) is 0 Å². The molecule has 5 heteroatoms. The van der Waals surface area contributed by atoms with Gasteiger partial charge >= 0.3 is 137 Å². The Bertz CT molecular complexity index is 410. The van der Waals surface area contributed by atoms with Gasteiger partial charge in [-0.2, -0.15) is 0 Å². The first-order valence-corrected chi connectivity index (χ1v) is 14.0. The summed E-state index contributed by atoms with van der Waals surface area (Å²) in [6, 6.07) is 8.63. The Labute approximate surface area is 136 Å². The average Bonchev–Trinajstić information content (AvgIpc) is 2.34. The van der Waals surface area contributed by atoms with Crippen molar-refractivity contribution in [2.45, 2.75) is 17.9 Å². The number of carbonyl (C=O) groups is 1. The van der Waals surface area contributed by atoms with Crippen molar-refractivity contribution < 1.29 is 22.0 Å². The van der Waals surface area contributed by atoms with Gasteiger partial charge in [0, 0.05) is 0 Å². The van der Waals surface area contributed by atoms with Crippen LogP contribution >= 0.6 is 18.6 Å². The second-order valence-electron chi connectivity index (χ2n) is 4.80. The molecule has 0 aliphatic rings. The molecule has 0 aliphatic heterocycles. The zero-order valence-corrected chi connectivity index (χ0v) is 16.0. The van der Waals surface area contributed by atoms with Gasteiger partial charge in [-0.1, -0.05) is 0 Å². The number of hydrogen-bond acceptors (Lipinski definition) is 2. The van der Waals surface area contributed by atoms with Crippen molar-refractivity contribution >= 4 is 24.5 Å². The SMILES string of the molecule is CC(=O)N(CCN(C)C)Cc1cccc(C[I-]I)c1. The molecule has 0 aliphatic carbocycles. The molecule has 0 saturated carbocycles. The van der Waals surface area contributed by atoms with Gasteiger partial charge in [0.2, 0.25) is 0 Å². The second kappa shape index (κ2) is 9.12. The summed E-state index contributed by atoms with van der Waals surface area (Å²) in [5.74, 6) is 0.147. The van der Waals surface area contributed by atoms with Gasteiger partial charge in [-0.15, -0.1) is 0 Å². The van der Waals surface area contributed by atoms with Crippen LogP contribution in [-0.2, 0) is 15.8 Å². The molecule has 3 nitrogen and oxygen atoms in total. The van der Waals surface area contributed by atoms with Crippen LogP contribution in [0.4, 0.5) is 0 Å². The Morgan fingerprint density at radius 3 is 2.53 bits per heavy atom. The summed E-state index contributed by atoms with van der Waals surface area (Å²) in [5.41, 5.74) is 2.64. The predicted octanol–water partition coefficient (Wildman–Crippen LogP) is -0.464. The molecule has 0 N–H and O–H groups in total. The standard InChI is InChI=1S/C14H21I2N2O/c1-12(19)18(8-7-17(2)3)11-14-6-4-5-13(9-14)10-16-15/h4-6,9H,7-8,10-11H2,1-3H3/q-1. The molecule has 19 heavy (non-hydrogen) atoms. The zero-order valence-electron chi connectivity index (χ0n) is 11.7. The van der Waals surface area contributed by atoms with Crippen molar-refractivity contribution in [3.8, 4) is 0 Å². The number of nitrogens with zero attached hydrogens (tertiary/aromatic N) is 2. The van der Waals surface area contributed by atoms with E-state index < -0.39 is 0 Å². The van der Waals surface area contributed by atoms with Gasteiger partial charge < -0.3 is 0 Å². The Morgan fingerprint density at radius 1 is 1.26 bits per heavy atom. The summed E-state index contributed by atoms with van der Waals surface area (Å²) in [4.78, 5) is 15.7. The first-order chi connectivity index (χ1) is 9.02.